The molecule has 1 aromatic carbocycles. The normalized spacial score (nSPS) is 14.0. The third-order valence-corrected chi connectivity index (χ3v) is 6.56. The minimum absolute atomic E-state index is 0.270. The number of hydrogen-bond acceptors (Lipinski definition) is 7. The van der Waals surface area contributed by atoms with Crippen molar-refractivity contribution < 1.29 is 22.7 Å². The van der Waals surface area contributed by atoms with Gasteiger partial charge >= 0.3 is 5.97 Å². The van der Waals surface area contributed by atoms with Gasteiger partial charge < -0.3 is 18.6 Å². The highest BCUT2D eigenvalue weighted by atomic mass is 32.2. The highest BCUT2D eigenvalue weighted by molar-refractivity contribution is 7.92. The molecule has 0 spiro atoms. The van der Waals surface area contributed by atoms with Gasteiger partial charge in [0.2, 0.25) is 10.0 Å². The van der Waals surface area contributed by atoms with Crippen LogP contribution < -0.4 is 9.46 Å². The molecule has 0 unspecified atom stereocenters. The van der Waals surface area contributed by atoms with E-state index in [4.69, 9.17) is 14.5 Å². The molecule has 3 heterocycles. The second kappa shape index (κ2) is 8.01. The molecular formula is C23H25N5O5S. The second-order valence-electron chi connectivity index (χ2n) is 8.60. The quantitative estimate of drug-likeness (QED) is 0.401. The average molecular weight is 484 g/mol. The number of methoxy groups -OCH3 is 2. The van der Waals surface area contributed by atoms with Gasteiger partial charge in [-0.05, 0) is 49.1 Å². The molecule has 1 aliphatic rings. The Morgan fingerprint density at radius 2 is 1.94 bits per heavy atom. The molecule has 0 bridgehead atoms. The Hall–Kier alpha value is -3.60. The standard InChI is InChI=1S/C23H25N5O5S/c1-27-20-16(9-15(23(29)33-3)11-18(20)32-2)24-22(27)17-10-14-7-8-19(26-34(4,30)31)25-21(14)28(17)12-13-5-6-13/h7-11,13H,5-6,12H2,1-4H3,(H,25,26). The summed E-state index contributed by atoms with van der Waals surface area (Å²) >= 11 is 0. The van der Waals surface area contributed by atoms with Crippen LogP contribution in [0.3, 0.4) is 0 Å². The monoisotopic (exact) mass is 483 g/mol. The summed E-state index contributed by atoms with van der Waals surface area (Å²) in [5.41, 5.74) is 3.25. The summed E-state index contributed by atoms with van der Waals surface area (Å²) in [7, 11) is 1.33. The summed E-state index contributed by atoms with van der Waals surface area (Å²) in [6.45, 7) is 0.752. The number of hydrogen-bond donors (Lipinski definition) is 1. The number of aryl methyl sites for hydroxylation is 1. The Morgan fingerprint density at radius 3 is 2.59 bits per heavy atom. The van der Waals surface area contributed by atoms with Crippen LogP contribution in [0.15, 0.2) is 30.3 Å². The van der Waals surface area contributed by atoms with Crippen LogP contribution >= 0.6 is 0 Å². The molecule has 1 aliphatic carbocycles. The molecule has 0 atom stereocenters. The zero-order valence-corrected chi connectivity index (χ0v) is 20.1. The number of nitrogens with one attached hydrogen (secondary N) is 1. The van der Waals surface area contributed by atoms with Crippen molar-refractivity contribution in [2.75, 3.05) is 25.2 Å². The van der Waals surface area contributed by atoms with E-state index in [2.05, 4.69) is 14.3 Å². The lowest BCUT2D eigenvalue weighted by Gasteiger charge is -2.11. The van der Waals surface area contributed by atoms with Crippen molar-refractivity contribution in [2.45, 2.75) is 19.4 Å². The van der Waals surface area contributed by atoms with Crippen LogP contribution in [0, 0.1) is 5.92 Å². The number of sulfonamides is 1. The highest BCUT2D eigenvalue weighted by Crippen LogP contribution is 2.37. The number of fused-ring (bicyclic) bond motifs is 2. The number of anilines is 1. The zero-order valence-electron chi connectivity index (χ0n) is 19.3. The van der Waals surface area contributed by atoms with E-state index >= 15 is 0 Å². The summed E-state index contributed by atoms with van der Waals surface area (Å²) in [6, 6.07) is 8.83. The van der Waals surface area contributed by atoms with E-state index < -0.39 is 16.0 Å². The van der Waals surface area contributed by atoms with Gasteiger partial charge in [-0.1, -0.05) is 0 Å². The first-order valence-electron chi connectivity index (χ1n) is 10.8. The summed E-state index contributed by atoms with van der Waals surface area (Å²) in [5.74, 6) is 1.54. The fraction of sp³-hybridized carbons (Fsp3) is 0.348. The number of aromatic nitrogens is 4. The van der Waals surface area contributed by atoms with E-state index in [1.165, 1.54) is 7.11 Å². The predicted molar refractivity (Wildman–Crippen MR) is 129 cm³/mol. The largest absolute Gasteiger partial charge is 0.494 e. The first kappa shape index (κ1) is 22.2. The third-order valence-electron chi connectivity index (χ3n) is 5.98. The van der Waals surface area contributed by atoms with Crippen LogP contribution in [-0.4, -0.2) is 54.0 Å². The Morgan fingerprint density at radius 1 is 1.18 bits per heavy atom. The summed E-state index contributed by atoms with van der Waals surface area (Å²) in [5, 5.41) is 0.879. The third kappa shape index (κ3) is 3.96. The van der Waals surface area contributed by atoms with Crippen molar-refractivity contribution in [3.05, 3.63) is 35.9 Å². The summed E-state index contributed by atoms with van der Waals surface area (Å²) < 4.78 is 40.4. The lowest BCUT2D eigenvalue weighted by molar-refractivity contribution is 0.0600. The van der Waals surface area contributed by atoms with E-state index in [0.717, 1.165) is 42.2 Å². The minimum Gasteiger partial charge on any atom is -0.494 e. The minimum atomic E-state index is -3.45. The Bertz CT molecular complexity index is 1550. The number of nitrogens with zero attached hydrogens (tertiary/aromatic N) is 4. The molecule has 0 amide bonds. The molecule has 5 rings (SSSR count). The number of imidazole rings is 1. The van der Waals surface area contributed by atoms with Gasteiger partial charge in [0.05, 0.1) is 37.2 Å². The first-order chi connectivity index (χ1) is 16.2. The molecule has 178 valence electrons. The van der Waals surface area contributed by atoms with E-state index in [0.29, 0.717) is 34.2 Å². The molecule has 1 N–H and O–H groups in total. The van der Waals surface area contributed by atoms with Crippen molar-refractivity contribution >= 4 is 43.9 Å². The fourth-order valence-electron chi connectivity index (χ4n) is 4.23. The van der Waals surface area contributed by atoms with Crippen LogP contribution in [0.2, 0.25) is 0 Å². The number of pyridine rings is 1. The summed E-state index contributed by atoms with van der Waals surface area (Å²) in [6.07, 6.45) is 3.38. The lowest BCUT2D eigenvalue weighted by atomic mass is 10.2. The Labute approximate surface area is 196 Å². The molecule has 34 heavy (non-hydrogen) atoms. The lowest BCUT2D eigenvalue weighted by Crippen LogP contribution is -2.11. The second-order valence-corrected chi connectivity index (χ2v) is 10.3. The Balaban J connectivity index is 1.72. The van der Waals surface area contributed by atoms with Crippen LogP contribution in [0.4, 0.5) is 5.82 Å². The Kier molecular flexibility index (Phi) is 5.23. The molecule has 11 heteroatoms. The zero-order chi connectivity index (χ0) is 24.2. The maximum absolute atomic E-state index is 12.1. The van der Waals surface area contributed by atoms with E-state index in [9.17, 15) is 13.2 Å². The summed E-state index contributed by atoms with van der Waals surface area (Å²) in [4.78, 5) is 21.6. The first-order valence-corrected chi connectivity index (χ1v) is 12.7. The van der Waals surface area contributed by atoms with E-state index in [1.54, 1.807) is 25.3 Å². The van der Waals surface area contributed by atoms with Gasteiger partial charge in [0.15, 0.2) is 5.82 Å². The van der Waals surface area contributed by atoms with Gasteiger partial charge in [0.1, 0.15) is 22.7 Å². The van der Waals surface area contributed by atoms with Crippen molar-refractivity contribution in [1.29, 1.82) is 0 Å². The highest BCUT2D eigenvalue weighted by Gasteiger charge is 2.27. The molecule has 3 aromatic heterocycles. The fourth-order valence-corrected chi connectivity index (χ4v) is 4.73. The molecule has 10 nitrogen and oxygen atoms in total. The maximum atomic E-state index is 12.1. The number of esters is 1. The number of rotatable bonds is 7. The predicted octanol–water partition coefficient (Wildman–Crippen LogP) is 3.17. The number of ether oxygens (including phenoxy) is 2. The van der Waals surface area contributed by atoms with Crippen molar-refractivity contribution in [3.63, 3.8) is 0 Å². The van der Waals surface area contributed by atoms with Crippen LogP contribution in [0.1, 0.15) is 23.2 Å². The molecule has 1 saturated carbocycles. The van der Waals surface area contributed by atoms with Gasteiger partial charge in [-0.25, -0.2) is 23.2 Å². The van der Waals surface area contributed by atoms with Crippen LogP contribution in [0.5, 0.6) is 5.75 Å². The van der Waals surface area contributed by atoms with E-state index in [1.807, 2.05) is 23.7 Å². The molecule has 4 aromatic rings. The van der Waals surface area contributed by atoms with Crippen molar-refractivity contribution in [1.82, 2.24) is 19.1 Å². The average Bonchev–Trinajstić information content (AvgIpc) is 3.47. The number of carbonyl (C=O) groups is 1. The SMILES string of the molecule is COC(=O)c1cc(OC)c2c(c1)nc(-c1cc3ccc(NS(C)(=O)=O)nc3n1CC1CC1)n2C. The van der Waals surface area contributed by atoms with Crippen LogP contribution in [0.25, 0.3) is 33.6 Å². The molecule has 0 aliphatic heterocycles. The smallest absolute Gasteiger partial charge is 0.338 e. The van der Waals surface area contributed by atoms with Gasteiger partial charge in [-0.15, -0.1) is 0 Å². The maximum Gasteiger partial charge on any atom is 0.338 e. The van der Waals surface area contributed by atoms with Gasteiger partial charge in [0, 0.05) is 19.0 Å². The van der Waals surface area contributed by atoms with Gasteiger partial charge in [-0.2, -0.15) is 0 Å². The molecule has 0 radical (unpaired) electrons. The van der Waals surface area contributed by atoms with Crippen molar-refractivity contribution in [3.8, 4) is 17.3 Å². The van der Waals surface area contributed by atoms with Crippen molar-refractivity contribution in [2.24, 2.45) is 13.0 Å². The topological polar surface area (TPSA) is 117 Å². The van der Waals surface area contributed by atoms with Crippen LogP contribution in [-0.2, 0) is 28.4 Å². The van der Waals surface area contributed by atoms with Gasteiger partial charge in [-0.3, -0.25) is 4.72 Å². The molecule has 0 saturated heterocycles. The molecular weight excluding hydrogens is 458 g/mol. The molecule has 1 fully saturated rings. The van der Waals surface area contributed by atoms with Gasteiger partial charge in [0.25, 0.3) is 0 Å². The number of carbonyl (C=O) groups excluding carboxylic acids is 1. The van der Waals surface area contributed by atoms with E-state index in [-0.39, 0.29) is 5.82 Å². The number of benzene rings is 1.